The summed E-state index contributed by atoms with van der Waals surface area (Å²) in [5.41, 5.74) is 10.3. The van der Waals surface area contributed by atoms with Gasteiger partial charge >= 0.3 is 5.97 Å². The van der Waals surface area contributed by atoms with Crippen LogP contribution in [0.15, 0.2) is 0 Å². The van der Waals surface area contributed by atoms with Crippen LogP contribution in [0.2, 0.25) is 0 Å². The lowest BCUT2D eigenvalue weighted by atomic mass is 10.1. The topological polar surface area (TPSA) is 153 Å². The summed E-state index contributed by atoms with van der Waals surface area (Å²) >= 11 is 0. The van der Waals surface area contributed by atoms with Crippen molar-refractivity contribution in [3.05, 3.63) is 0 Å². The molecular weight excluding hydrogens is 242 g/mol. The number of amides is 2. The van der Waals surface area contributed by atoms with Crippen LogP contribution >= 0.6 is 0 Å². The van der Waals surface area contributed by atoms with E-state index in [1.165, 1.54) is 0 Å². The molecule has 0 unspecified atom stereocenters. The molecule has 6 N–H and O–H groups in total. The van der Waals surface area contributed by atoms with E-state index in [1.807, 2.05) is 0 Å². The molecule has 2 amide bonds. The lowest BCUT2D eigenvalue weighted by Gasteiger charge is -2.15. The van der Waals surface area contributed by atoms with Crippen LogP contribution in [0.1, 0.15) is 25.7 Å². The van der Waals surface area contributed by atoms with Gasteiger partial charge in [0.1, 0.15) is 0 Å². The molecule has 101 valence electrons. The summed E-state index contributed by atoms with van der Waals surface area (Å²) in [6.07, 6.45) is 1.24. The lowest BCUT2D eigenvalue weighted by molar-refractivity contribution is -0.137. The Bertz CT molecular complexity index is 331. The molecule has 0 bridgehead atoms. The second-order valence-electron chi connectivity index (χ2n) is 3.72. The van der Waals surface area contributed by atoms with Gasteiger partial charge < -0.3 is 21.9 Å². The lowest BCUT2D eigenvalue weighted by Crippen LogP contribution is -2.46. The molecule has 0 aliphatic carbocycles. The molecule has 0 aliphatic rings. The van der Waals surface area contributed by atoms with Crippen molar-refractivity contribution in [3.8, 4) is 0 Å². The van der Waals surface area contributed by atoms with Gasteiger partial charge in [0.15, 0.2) is 0 Å². The Morgan fingerprint density at radius 2 is 1.83 bits per heavy atom. The van der Waals surface area contributed by atoms with Crippen molar-refractivity contribution < 1.29 is 24.3 Å². The third-order valence-corrected chi connectivity index (χ3v) is 2.14. The molecule has 0 aromatic rings. The third kappa shape index (κ3) is 7.34. The number of carbonyl (C=O) groups is 3. The molecule has 8 nitrogen and oxygen atoms in total. The van der Waals surface area contributed by atoms with E-state index in [9.17, 15) is 19.2 Å². The molecule has 0 saturated heterocycles. The van der Waals surface area contributed by atoms with E-state index in [-0.39, 0.29) is 25.7 Å². The van der Waals surface area contributed by atoms with Gasteiger partial charge in [-0.1, -0.05) is 0 Å². The van der Waals surface area contributed by atoms with Crippen molar-refractivity contribution >= 4 is 24.1 Å². The maximum atomic E-state index is 11.4. The first-order chi connectivity index (χ1) is 8.36. The number of hydrogen-bond acceptors (Lipinski definition) is 5. The summed E-state index contributed by atoms with van der Waals surface area (Å²) in [5, 5.41) is 10.7. The smallest absolute Gasteiger partial charge is 0.303 e. The predicted octanol–water partition coefficient (Wildman–Crippen LogP) is -1.96. The van der Waals surface area contributed by atoms with E-state index in [0.29, 0.717) is 0 Å². The van der Waals surface area contributed by atoms with Crippen molar-refractivity contribution in [3.63, 3.8) is 0 Å². The Kier molecular flexibility index (Phi) is 7.29. The van der Waals surface area contributed by atoms with Crippen LogP contribution in [-0.2, 0) is 19.2 Å². The van der Waals surface area contributed by atoms with Gasteiger partial charge in [0.05, 0.1) is 12.1 Å². The fourth-order valence-electron chi connectivity index (χ4n) is 1.14. The molecule has 0 spiro atoms. The Morgan fingerprint density at radius 3 is 2.28 bits per heavy atom. The number of rotatable bonds is 9. The molecule has 18 heavy (non-hydrogen) atoms. The van der Waals surface area contributed by atoms with Gasteiger partial charge in [-0.25, -0.2) is 0 Å². The SMILES string of the molecule is NC(=O)CC[C@@H]([C]=O)NC(=O)[C@@H](N)CCC(=O)O. The van der Waals surface area contributed by atoms with Crippen molar-refractivity contribution in [2.45, 2.75) is 37.8 Å². The first kappa shape index (κ1) is 16.0. The molecule has 0 saturated carbocycles. The summed E-state index contributed by atoms with van der Waals surface area (Å²) in [6, 6.07) is -1.99. The van der Waals surface area contributed by atoms with Crippen LogP contribution in [0.3, 0.4) is 0 Å². The van der Waals surface area contributed by atoms with Crippen LogP contribution in [0, 0.1) is 0 Å². The van der Waals surface area contributed by atoms with Crippen LogP contribution in [0.4, 0.5) is 0 Å². The zero-order chi connectivity index (χ0) is 14.1. The summed E-state index contributed by atoms with van der Waals surface area (Å²) < 4.78 is 0. The Morgan fingerprint density at radius 1 is 1.22 bits per heavy atom. The molecule has 0 rings (SSSR count). The highest BCUT2D eigenvalue weighted by Gasteiger charge is 2.19. The minimum Gasteiger partial charge on any atom is -0.481 e. The molecule has 0 heterocycles. The van der Waals surface area contributed by atoms with Crippen molar-refractivity contribution in [1.82, 2.24) is 5.32 Å². The first-order valence-corrected chi connectivity index (χ1v) is 5.30. The van der Waals surface area contributed by atoms with E-state index in [0.717, 1.165) is 0 Å². The molecule has 1 radical (unpaired) electrons. The van der Waals surface area contributed by atoms with Crippen LogP contribution in [0.25, 0.3) is 0 Å². The first-order valence-electron chi connectivity index (χ1n) is 5.30. The van der Waals surface area contributed by atoms with Gasteiger partial charge in [0.25, 0.3) is 0 Å². The predicted molar refractivity (Wildman–Crippen MR) is 60.9 cm³/mol. The Hall–Kier alpha value is -1.96. The van der Waals surface area contributed by atoms with E-state index in [2.05, 4.69) is 5.32 Å². The van der Waals surface area contributed by atoms with Crippen LogP contribution in [0.5, 0.6) is 0 Å². The van der Waals surface area contributed by atoms with Crippen LogP contribution in [-0.4, -0.2) is 41.3 Å². The number of nitrogens with one attached hydrogen (secondary N) is 1. The van der Waals surface area contributed by atoms with Gasteiger partial charge in [0.2, 0.25) is 18.1 Å². The fraction of sp³-hybridized carbons (Fsp3) is 0.600. The molecule has 8 heteroatoms. The largest absolute Gasteiger partial charge is 0.481 e. The number of carboxylic acids is 1. The molecule has 0 aromatic heterocycles. The number of carboxylic acid groups (broad SMARTS) is 1. The second kappa shape index (κ2) is 8.18. The van der Waals surface area contributed by atoms with E-state index >= 15 is 0 Å². The highest BCUT2D eigenvalue weighted by atomic mass is 16.4. The normalized spacial score (nSPS) is 13.4. The number of aliphatic carboxylic acids is 1. The average Bonchev–Trinajstić information content (AvgIpc) is 2.30. The van der Waals surface area contributed by atoms with Crippen molar-refractivity contribution in [2.24, 2.45) is 11.5 Å². The molecule has 0 aromatic carbocycles. The molecule has 0 fully saturated rings. The molecular formula is C10H16N3O5. The van der Waals surface area contributed by atoms with E-state index < -0.39 is 29.9 Å². The molecule has 0 aliphatic heterocycles. The van der Waals surface area contributed by atoms with Gasteiger partial charge in [-0.3, -0.25) is 19.2 Å². The quantitative estimate of drug-likeness (QED) is 0.376. The van der Waals surface area contributed by atoms with Crippen molar-refractivity contribution in [2.75, 3.05) is 0 Å². The van der Waals surface area contributed by atoms with Gasteiger partial charge in [-0.15, -0.1) is 0 Å². The maximum absolute atomic E-state index is 11.4. The number of nitrogens with two attached hydrogens (primary N) is 2. The summed E-state index contributed by atoms with van der Waals surface area (Å²) in [6.45, 7) is 0. The third-order valence-electron chi connectivity index (χ3n) is 2.14. The minimum absolute atomic E-state index is 0.0379. The van der Waals surface area contributed by atoms with Gasteiger partial charge in [0, 0.05) is 12.8 Å². The zero-order valence-electron chi connectivity index (χ0n) is 9.72. The van der Waals surface area contributed by atoms with Crippen LogP contribution < -0.4 is 16.8 Å². The van der Waals surface area contributed by atoms with E-state index in [1.54, 1.807) is 6.29 Å². The maximum Gasteiger partial charge on any atom is 0.303 e. The monoisotopic (exact) mass is 258 g/mol. The van der Waals surface area contributed by atoms with Crippen molar-refractivity contribution in [1.29, 1.82) is 0 Å². The summed E-state index contributed by atoms with van der Waals surface area (Å²) in [7, 11) is 0. The van der Waals surface area contributed by atoms with Gasteiger partial charge in [-0.2, -0.15) is 0 Å². The number of primary amides is 1. The Balaban J connectivity index is 4.12. The summed E-state index contributed by atoms with van der Waals surface area (Å²) in [5.74, 6) is -2.32. The highest BCUT2D eigenvalue weighted by molar-refractivity contribution is 5.85. The van der Waals surface area contributed by atoms with E-state index in [4.69, 9.17) is 16.6 Å². The highest BCUT2D eigenvalue weighted by Crippen LogP contribution is 1.98. The second-order valence-corrected chi connectivity index (χ2v) is 3.72. The average molecular weight is 258 g/mol. The minimum atomic E-state index is -1.06. The summed E-state index contributed by atoms with van der Waals surface area (Å²) in [4.78, 5) is 42.7. The van der Waals surface area contributed by atoms with Gasteiger partial charge in [-0.05, 0) is 12.8 Å². The molecule has 2 atom stereocenters. The fourth-order valence-corrected chi connectivity index (χ4v) is 1.14. The Labute approximate surface area is 104 Å². The number of carbonyl (C=O) groups excluding carboxylic acids is 3. The zero-order valence-corrected chi connectivity index (χ0v) is 9.72. The standard InChI is InChI=1S/C10H16N3O5/c11-7(2-4-9(16)17)10(18)13-6(5-14)1-3-8(12)15/h6-7H,1-4,11H2,(H2,12,15)(H,13,18)(H,16,17)/t6-,7-/m0/s1. The number of hydrogen-bond donors (Lipinski definition) is 4.